The average molecular weight is 243 g/mol. The molecule has 0 aliphatic carbocycles. The number of hydrogen-bond acceptors (Lipinski definition) is 2. The fraction of sp³-hybridized carbons (Fsp3) is 0.533. The van der Waals surface area contributed by atoms with Crippen molar-refractivity contribution in [2.24, 2.45) is 5.92 Å². The van der Waals surface area contributed by atoms with Crippen molar-refractivity contribution >= 4 is 5.65 Å². The van der Waals surface area contributed by atoms with Gasteiger partial charge in [0.25, 0.3) is 0 Å². The summed E-state index contributed by atoms with van der Waals surface area (Å²) in [5.74, 6) is 0.729. The molecule has 3 rings (SSSR count). The van der Waals surface area contributed by atoms with Gasteiger partial charge < -0.3 is 4.40 Å². The normalized spacial score (nSPS) is 16.4. The number of aromatic nitrogens is 2. The first kappa shape index (κ1) is 11.7. The van der Waals surface area contributed by atoms with Gasteiger partial charge in [-0.3, -0.25) is 4.90 Å². The van der Waals surface area contributed by atoms with Crippen LogP contribution >= 0.6 is 0 Å². The molecule has 0 amide bonds. The molecule has 0 spiro atoms. The van der Waals surface area contributed by atoms with Crippen molar-refractivity contribution in [3.05, 3.63) is 35.3 Å². The highest BCUT2D eigenvalue weighted by Gasteiger charge is 2.21. The predicted octanol–water partition coefficient (Wildman–Crippen LogP) is 2.66. The Kier molecular flexibility index (Phi) is 2.86. The molecular weight excluding hydrogens is 222 g/mol. The quantitative estimate of drug-likeness (QED) is 0.808. The number of hydrogen-bond donors (Lipinski definition) is 0. The third-order valence-corrected chi connectivity index (χ3v) is 3.61. The number of rotatable bonds is 2. The van der Waals surface area contributed by atoms with Gasteiger partial charge in [-0.15, -0.1) is 0 Å². The highest BCUT2D eigenvalue weighted by atomic mass is 15.2. The van der Waals surface area contributed by atoms with E-state index in [1.807, 2.05) is 0 Å². The van der Waals surface area contributed by atoms with E-state index >= 15 is 0 Å². The monoisotopic (exact) mass is 243 g/mol. The number of aryl methyl sites for hydroxylation is 1. The van der Waals surface area contributed by atoms with Crippen molar-refractivity contribution in [2.45, 2.75) is 33.7 Å². The van der Waals surface area contributed by atoms with Crippen LogP contribution in [0.25, 0.3) is 5.65 Å². The summed E-state index contributed by atoms with van der Waals surface area (Å²) in [6.07, 6.45) is 3.29. The minimum atomic E-state index is 0.729. The zero-order valence-corrected chi connectivity index (χ0v) is 11.5. The van der Waals surface area contributed by atoms with Gasteiger partial charge in [0.15, 0.2) is 0 Å². The van der Waals surface area contributed by atoms with Crippen LogP contribution in [0.4, 0.5) is 0 Å². The van der Waals surface area contributed by atoms with E-state index in [9.17, 15) is 0 Å². The van der Waals surface area contributed by atoms with Crippen LogP contribution < -0.4 is 0 Å². The molecular formula is C15H21N3. The van der Waals surface area contributed by atoms with E-state index < -0.39 is 0 Å². The molecule has 0 aromatic carbocycles. The smallest absolute Gasteiger partial charge is 0.137 e. The maximum atomic E-state index is 4.74. The first-order valence-corrected chi connectivity index (χ1v) is 6.82. The van der Waals surface area contributed by atoms with Gasteiger partial charge in [0.05, 0.1) is 11.4 Å². The van der Waals surface area contributed by atoms with Crippen molar-refractivity contribution in [2.75, 3.05) is 13.1 Å². The Morgan fingerprint density at radius 3 is 2.94 bits per heavy atom. The maximum absolute atomic E-state index is 4.74. The van der Waals surface area contributed by atoms with E-state index in [0.717, 1.165) is 31.1 Å². The number of imidazole rings is 1. The Labute approximate surface area is 108 Å². The fourth-order valence-electron chi connectivity index (χ4n) is 2.84. The molecule has 2 aromatic rings. The second kappa shape index (κ2) is 4.39. The van der Waals surface area contributed by atoms with Gasteiger partial charge >= 0.3 is 0 Å². The SMILES string of the molecule is Cc1ccc2nc3c(n2c1)CN(CC(C)C)CC3. The van der Waals surface area contributed by atoms with E-state index in [4.69, 9.17) is 4.98 Å². The number of nitrogens with zero attached hydrogens (tertiary/aromatic N) is 3. The Balaban J connectivity index is 1.98. The van der Waals surface area contributed by atoms with Gasteiger partial charge in [0.2, 0.25) is 0 Å². The Morgan fingerprint density at radius 1 is 1.33 bits per heavy atom. The fourth-order valence-corrected chi connectivity index (χ4v) is 2.84. The largest absolute Gasteiger partial charge is 0.302 e. The molecule has 18 heavy (non-hydrogen) atoms. The first-order valence-electron chi connectivity index (χ1n) is 6.82. The summed E-state index contributed by atoms with van der Waals surface area (Å²) >= 11 is 0. The first-order chi connectivity index (χ1) is 8.63. The lowest BCUT2D eigenvalue weighted by molar-refractivity contribution is 0.222. The second-order valence-corrected chi connectivity index (χ2v) is 5.82. The summed E-state index contributed by atoms with van der Waals surface area (Å²) in [4.78, 5) is 7.29. The molecule has 3 nitrogen and oxygen atoms in total. The standard InChI is InChI=1S/C15H21N3/c1-11(2)8-17-7-6-13-14(10-17)18-9-12(3)4-5-15(18)16-13/h4-5,9,11H,6-8,10H2,1-3H3. The van der Waals surface area contributed by atoms with Gasteiger partial charge in [-0.1, -0.05) is 19.9 Å². The van der Waals surface area contributed by atoms with E-state index in [-0.39, 0.29) is 0 Å². The molecule has 2 aromatic heterocycles. The summed E-state index contributed by atoms with van der Waals surface area (Å²) in [6.45, 7) is 10.1. The van der Waals surface area contributed by atoms with Crippen LogP contribution in [0.3, 0.4) is 0 Å². The van der Waals surface area contributed by atoms with Gasteiger partial charge in [-0.2, -0.15) is 0 Å². The lowest BCUT2D eigenvalue weighted by atomic mass is 10.1. The Bertz CT molecular complexity index is 568. The molecule has 0 fully saturated rings. The topological polar surface area (TPSA) is 20.5 Å². The third-order valence-electron chi connectivity index (χ3n) is 3.61. The van der Waals surface area contributed by atoms with Crippen LogP contribution in [0.5, 0.6) is 0 Å². The van der Waals surface area contributed by atoms with Crippen LogP contribution in [0.1, 0.15) is 30.8 Å². The molecule has 0 atom stereocenters. The molecule has 0 N–H and O–H groups in total. The van der Waals surface area contributed by atoms with E-state index in [1.54, 1.807) is 0 Å². The van der Waals surface area contributed by atoms with Gasteiger partial charge in [0, 0.05) is 32.3 Å². The average Bonchev–Trinajstić information content (AvgIpc) is 2.66. The summed E-state index contributed by atoms with van der Waals surface area (Å²) in [6, 6.07) is 4.26. The molecule has 0 radical (unpaired) electrons. The van der Waals surface area contributed by atoms with Crippen LogP contribution in [0.15, 0.2) is 18.3 Å². The van der Waals surface area contributed by atoms with E-state index in [0.29, 0.717) is 0 Å². The highest BCUT2D eigenvalue weighted by Crippen LogP contribution is 2.21. The predicted molar refractivity (Wildman–Crippen MR) is 73.7 cm³/mol. The van der Waals surface area contributed by atoms with Crippen LogP contribution in [0, 0.1) is 12.8 Å². The zero-order valence-electron chi connectivity index (χ0n) is 11.5. The Hall–Kier alpha value is -1.35. The van der Waals surface area contributed by atoms with Gasteiger partial charge in [-0.05, 0) is 24.5 Å². The van der Waals surface area contributed by atoms with Crippen LogP contribution in [0.2, 0.25) is 0 Å². The van der Waals surface area contributed by atoms with E-state index in [1.165, 1.54) is 23.5 Å². The molecule has 3 heterocycles. The van der Waals surface area contributed by atoms with Crippen molar-refractivity contribution in [1.82, 2.24) is 14.3 Å². The molecule has 3 heteroatoms. The summed E-state index contributed by atoms with van der Waals surface area (Å²) in [5, 5.41) is 0. The van der Waals surface area contributed by atoms with Crippen LogP contribution in [-0.4, -0.2) is 27.4 Å². The van der Waals surface area contributed by atoms with E-state index in [2.05, 4.69) is 48.4 Å². The van der Waals surface area contributed by atoms with Crippen molar-refractivity contribution in [1.29, 1.82) is 0 Å². The second-order valence-electron chi connectivity index (χ2n) is 5.82. The van der Waals surface area contributed by atoms with Gasteiger partial charge in [-0.25, -0.2) is 4.98 Å². The van der Waals surface area contributed by atoms with Crippen LogP contribution in [-0.2, 0) is 13.0 Å². The number of fused-ring (bicyclic) bond motifs is 3. The lowest BCUT2D eigenvalue weighted by Crippen LogP contribution is -2.33. The van der Waals surface area contributed by atoms with Crippen molar-refractivity contribution in [3.8, 4) is 0 Å². The summed E-state index contributed by atoms with van der Waals surface area (Å²) in [5.41, 5.74) is 5.07. The minimum absolute atomic E-state index is 0.729. The summed E-state index contributed by atoms with van der Waals surface area (Å²) < 4.78 is 2.27. The third kappa shape index (κ3) is 2.03. The molecule has 1 aliphatic heterocycles. The molecule has 0 saturated carbocycles. The highest BCUT2D eigenvalue weighted by molar-refractivity contribution is 5.45. The minimum Gasteiger partial charge on any atom is -0.302 e. The Morgan fingerprint density at radius 2 is 2.17 bits per heavy atom. The molecule has 1 aliphatic rings. The molecule has 0 saturated heterocycles. The zero-order chi connectivity index (χ0) is 12.7. The molecule has 0 bridgehead atoms. The molecule has 96 valence electrons. The van der Waals surface area contributed by atoms with Crippen molar-refractivity contribution < 1.29 is 0 Å². The summed E-state index contributed by atoms with van der Waals surface area (Å²) in [7, 11) is 0. The number of pyridine rings is 1. The van der Waals surface area contributed by atoms with Gasteiger partial charge in [0.1, 0.15) is 5.65 Å². The maximum Gasteiger partial charge on any atom is 0.137 e. The lowest BCUT2D eigenvalue weighted by Gasteiger charge is -2.27. The van der Waals surface area contributed by atoms with Crippen molar-refractivity contribution in [3.63, 3.8) is 0 Å². The molecule has 0 unspecified atom stereocenters.